The van der Waals surface area contributed by atoms with Crippen LogP contribution in [0.3, 0.4) is 0 Å². The number of amides is 1. The summed E-state index contributed by atoms with van der Waals surface area (Å²) in [5, 5.41) is 14.4. The van der Waals surface area contributed by atoms with E-state index >= 15 is 0 Å². The highest BCUT2D eigenvalue weighted by Gasteiger charge is 2.14. The third-order valence-electron chi connectivity index (χ3n) is 2.34. The van der Waals surface area contributed by atoms with Crippen molar-refractivity contribution >= 4 is 17.8 Å². The lowest BCUT2D eigenvalue weighted by molar-refractivity contribution is -0.385. The van der Waals surface area contributed by atoms with E-state index in [1.54, 1.807) is 18.2 Å². The number of furan rings is 1. The number of nitrogens with one attached hydrogen (secondary N) is 1. The average Bonchev–Trinajstić information content (AvgIpc) is 2.98. The van der Waals surface area contributed by atoms with Crippen LogP contribution in [-0.2, 0) is 4.79 Å². The lowest BCUT2D eigenvalue weighted by Crippen LogP contribution is -2.24. The Morgan fingerprint density at radius 2 is 2.19 bits per heavy atom. The zero-order valence-electron chi connectivity index (χ0n) is 10.8. The molecule has 0 unspecified atom stereocenters. The highest BCUT2D eigenvalue weighted by Crippen LogP contribution is 2.25. The maximum atomic E-state index is 11.5. The molecule has 0 aliphatic carbocycles. The van der Waals surface area contributed by atoms with Crippen LogP contribution in [0.15, 0.2) is 52.2 Å². The first kappa shape index (κ1) is 14.3. The normalized spacial score (nSPS) is 10.5. The van der Waals surface area contributed by atoms with Gasteiger partial charge < -0.3 is 9.15 Å². The van der Waals surface area contributed by atoms with E-state index in [0.717, 1.165) is 0 Å². The number of nitro groups is 1. The molecule has 1 heterocycles. The van der Waals surface area contributed by atoms with Gasteiger partial charge in [0.05, 0.1) is 17.4 Å². The van der Waals surface area contributed by atoms with Gasteiger partial charge in [0, 0.05) is 6.07 Å². The van der Waals surface area contributed by atoms with Gasteiger partial charge >= 0.3 is 5.69 Å². The molecule has 1 amide bonds. The SMILES string of the molecule is O=C(COc1ccccc1[N+](=O)[O-])NN=Cc1ccco1. The number of benzene rings is 1. The number of carbonyl (C=O) groups is 1. The largest absolute Gasteiger partial charge is 0.477 e. The first-order valence-electron chi connectivity index (χ1n) is 5.88. The number of carbonyl (C=O) groups excluding carboxylic acids is 1. The second-order valence-corrected chi connectivity index (χ2v) is 3.82. The fraction of sp³-hybridized carbons (Fsp3) is 0.0769. The second kappa shape index (κ2) is 6.85. The molecule has 0 spiro atoms. The molecule has 1 aromatic heterocycles. The Morgan fingerprint density at radius 3 is 2.90 bits per heavy atom. The molecule has 108 valence electrons. The summed E-state index contributed by atoms with van der Waals surface area (Å²) in [7, 11) is 0. The maximum Gasteiger partial charge on any atom is 0.310 e. The Morgan fingerprint density at radius 1 is 1.38 bits per heavy atom. The van der Waals surface area contributed by atoms with E-state index in [2.05, 4.69) is 10.5 Å². The summed E-state index contributed by atoms with van der Waals surface area (Å²) in [5.41, 5.74) is 2.01. The molecule has 1 N–H and O–H groups in total. The number of hydrazone groups is 1. The number of para-hydroxylation sites is 2. The summed E-state index contributed by atoms with van der Waals surface area (Å²) in [6.07, 6.45) is 2.80. The van der Waals surface area contributed by atoms with Crippen molar-refractivity contribution in [3.8, 4) is 5.75 Å². The van der Waals surface area contributed by atoms with Crippen molar-refractivity contribution in [1.29, 1.82) is 0 Å². The van der Waals surface area contributed by atoms with Gasteiger partial charge in [-0.05, 0) is 18.2 Å². The molecule has 0 fully saturated rings. The highest BCUT2D eigenvalue weighted by atomic mass is 16.6. The van der Waals surface area contributed by atoms with Crippen molar-refractivity contribution in [2.24, 2.45) is 5.10 Å². The number of nitro benzene ring substituents is 1. The van der Waals surface area contributed by atoms with Crippen LogP contribution in [-0.4, -0.2) is 23.7 Å². The lowest BCUT2D eigenvalue weighted by Gasteiger charge is -2.05. The number of hydrogen-bond acceptors (Lipinski definition) is 6. The van der Waals surface area contributed by atoms with E-state index in [0.29, 0.717) is 5.76 Å². The van der Waals surface area contributed by atoms with Crippen molar-refractivity contribution < 1.29 is 18.9 Å². The lowest BCUT2D eigenvalue weighted by atomic mass is 10.3. The molecule has 1 aromatic carbocycles. The van der Waals surface area contributed by atoms with Crippen LogP contribution in [0, 0.1) is 10.1 Å². The summed E-state index contributed by atoms with van der Waals surface area (Å²) in [6, 6.07) is 9.15. The van der Waals surface area contributed by atoms with Crippen LogP contribution >= 0.6 is 0 Å². The predicted molar refractivity (Wildman–Crippen MR) is 73.0 cm³/mol. The van der Waals surface area contributed by atoms with E-state index in [1.807, 2.05) is 0 Å². The number of rotatable bonds is 6. The molecular formula is C13H11N3O5. The van der Waals surface area contributed by atoms with Crippen LogP contribution < -0.4 is 10.2 Å². The molecule has 0 aliphatic rings. The Kier molecular flexibility index (Phi) is 4.65. The molecule has 0 aliphatic heterocycles. The molecule has 0 saturated carbocycles. The van der Waals surface area contributed by atoms with Gasteiger partial charge in [-0.1, -0.05) is 12.1 Å². The van der Waals surface area contributed by atoms with E-state index < -0.39 is 10.8 Å². The summed E-state index contributed by atoms with van der Waals surface area (Å²) < 4.78 is 10.1. The number of hydrogen-bond donors (Lipinski definition) is 1. The molecule has 2 rings (SSSR count). The van der Waals surface area contributed by atoms with Gasteiger partial charge in [-0.15, -0.1) is 0 Å². The maximum absolute atomic E-state index is 11.5. The van der Waals surface area contributed by atoms with E-state index in [1.165, 1.54) is 30.7 Å². The topological polar surface area (TPSA) is 107 Å². The zero-order chi connectivity index (χ0) is 15.1. The number of nitrogens with zero attached hydrogens (tertiary/aromatic N) is 2. The van der Waals surface area contributed by atoms with Crippen LogP contribution in [0.5, 0.6) is 5.75 Å². The zero-order valence-corrected chi connectivity index (χ0v) is 10.8. The van der Waals surface area contributed by atoms with Gasteiger partial charge in [0.2, 0.25) is 0 Å². The van der Waals surface area contributed by atoms with Gasteiger partial charge in [0.1, 0.15) is 5.76 Å². The summed E-state index contributed by atoms with van der Waals surface area (Å²) >= 11 is 0. The minimum absolute atomic E-state index is 0.0210. The third-order valence-corrected chi connectivity index (χ3v) is 2.34. The van der Waals surface area contributed by atoms with E-state index in [4.69, 9.17) is 9.15 Å². The Labute approximate surface area is 119 Å². The minimum atomic E-state index is -0.581. The summed E-state index contributed by atoms with van der Waals surface area (Å²) in [4.78, 5) is 21.7. The van der Waals surface area contributed by atoms with Gasteiger partial charge in [-0.25, -0.2) is 5.43 Å². The van der Waals surface area contributed by atoms with Gasteiger partial charge in [-0.3, -0.25) is 14.9 Å². The van der Waals surface area contributed by atoms with E-state index in [9.17, 15) is 14.9 Å². The first-order valence-corrected chi connectivity index (χ1v) is 5.88. The van der Waals surface area contributed by atoms with Crippen LogP contribution in [0.1, 0.15) is 5.76 Å². The molecule has 21 heavy (non-hydrogen) atoms. The standard InChI is InChI=1S/C13H11N3O5/c17-13(15-14-8-10-4-3-7-20-10)9-21-12-6-2-1-5-11(12)16(18)19/h1-8H,9H2,(H,15,17). The minimum Gasteiger partial charge on any atom is -0.477 e. The Bertz CT molecular complexity index is 652. The van der Waals surface area contributed by atoms with Crippen LogP contribution in [0.2, 0.25) is 0 Å². The van der Waals surface area contributed by atoms with Gasteiger partial charge in [0.25, 0.3) is 5.91 Å². The smallest absolute Gasteiger partial charge is 0.310 e. The van der Waals surface area contributed by atoms with Crippen LogP contribution in [0.4, 0.5) is 5.69 Å². The number of ether oxygens (including phenoxy) is 1. The summed E-state index contributed by atoms with van der Waals surface area (Å²) in [5.74, 6) is -0.0430. The van der Waals surface area contributed by atoms with Crippen LogP contribution in [0.25, 0.3) is 0 Å². The molecule has 2 aromatic rings. The summed E-state index contributed by atoms with van der Waals surface area (Å²) in [6.45, 7) is -0.389. The molecular weight excluding hydrogens is 278 g/mol. The fourth-order valence-corrected chi connectivity index (χ4v) is 1.44. The van der Waals surface area contributed by atoms with Crippen molar-refractivity contribution in [3.63, 3.8) is 0 Å². The van der Waals surface area contributed by atoms with Crippen molar-refractivity contribution in [1.82, 2.24) is 5.43 Å². The monoisotopic (exact) mass is 289 g/mol. The quantitative estimate of drug-likeness (QED) is 0.495. The average molecular weight is 289 g/mol. The molecule has 8 nitrogen and oxygen atoms in total. The fourth-order valence-electron chi connectivity index (χ4n) is 1.44. The highest BCUT2D eigenvalue weighted by molar-refractivity contribution is 5.81. The van der Waals surface area contributed by atoms with Gasteiger partial charge in [-0.2, -0.15) is 5.10 Å². The molecule has 0 bridgehead atoms. The molecule has 0 atom stereocenters. The van der Waals surface area contributed by atoms with Crippen molar-refractivity contribution in [2.75, 3.05) is 6.61 Å². The van der Waals surface area contributed by atoms with E-state index in [-0.39, 0.29) is 18.0 Å². The molecule has 8 heteroatoms. The Balaban J connectivity index is 1.85. The van der Waals surface area contributed by atoms with Gasteiger partial charge in [0.15, 0.2) is 12.4 Å². The van der Waals surface area contributed by atoms with Crippen molar-refractivity contribution in [3.05, 3.63) is 58.5 Å². The molecule has 0 radical (unpaired) electrons. The first-order chi connectivity index (χ1) is 10.2. The second-order valence-electron chi connectivity index (χ2n) is 3.82. The predicted octanol–water partition coefficient (Wildman–Crippen LogP) is 1.72. The van der Waals surface area contributed by atoms with Crippen molar-refractivity contribution in [2.45, 2.75) is 0 Å². The Hall–Kier alpha value is -3.16. The third kappa shape index (κ3) is 4.16. The molecule has 0 saturated heterocycles.